The molecule has 4 rings (SSSR count). The molecule has 0 fully saturated rings. The summed E-state index contributed by atoms with van der Waals surface area (Å²) in [6.45, 7) is 0. The van der Waals surface area contributed by atoms with Crippen molar-refractivity contribution >= 4 is 45.6 Å². The highest BCUT2D eigenvalue weighted by Crippen LogP contribution is 2.25. The van der Waals surface area contributed by atoms with Crippen LogP contribution in [0.1, 0.15) is 11.1 Å². The lowest BCUT2D eigenvalue weighted by Crippen LogP contribution is -2.14. The van der Waals surface area contributed by atoms with Gasteiger partial charge in [0.1, 0.15) is 0 Å². The molecule has 25 heavy (non-hydrogen) atoms. The van der Waals surface area contributed by atoms with Crippen molar-refractivity contribution in [3.63, 3.8) is 0 Å². The monoisotopic (exact) mass is 412 g/mol. The lowest BCUT2D eigenvalue weighted by Gasteiger charge is -2.13. The molecule has 0 saturated heterocycles. The Morgan fingerprint density at radius 2 is 1.88 bits per heavy atom. The minimum absolute atomic E-state index is 0.485. The minimum Gasteiger partial charge on any atom is -0.244 e. The predicted octanol–water partition coefficient (Wildman–Crippen LogP) is 3.84. The number of thioether (sulfide) groups is 1. The Morgan fingerprint density at radius 3 is 2.72 bits per heavy atom. The van der Waals surface area contributed by atoms with Crippen LogP contribution in [0.5, 0.6) is 0 Å². The topological polar surface area (TPSA) is 67.5 Å². The molecule has 0 atom stereocenters. The van der Waals surface area contributed by atoms with Gasteiger partial charge in [-0.2, -0.15) is 14.9 Å². The molecule has 6 nitrogen and oxygen atoms in total. The van der Waals surface area contributed by atoms with Gasteiger partial charge in [0.05, 0.1) is 11.9 Å². The molecule has 2 heterocycles. The van der Waals surface area contributed by atoms with Crippen molar-refractivity contribution in [2.24, 2.45) is 10.2 Å². The average molecular weight is 413 g/mol. The Balaban J connectivity index is 1.57. The number of halogens is 1. The fraction of sp³-hybridized carbons (Fsp3) is 0.0588. The van der Waals surface area contributed by atoms with E-state index in [1.165, 1.54) is 0 Å². The second kappa shape index (κ2) is 7.20. The van der Waals surface area contributed by atoms with E-state index in [0.717, 1.165) is 32.2 Å². The maximum atomic E-state index is 4.66. The minimum atomic E-state index is 0.485. The third kappa shape index (κ3) is 3.49. The summed E-state index contributed by atoms with van der Waals surface area (Å²) in [5, 5.41) is 17.9. The molecule has 0 amide bonds. The Kier molecular flexibility index (Phi) is 4.62. The first-order valence-electron chi connectivity index (χ1n) is 7.56. The number of benzene rings is 2. The molecule has 0 aliphatic carbocycles. The molecule has 3 aromatic rings. The van der Waals surface area contributed by atoms with Gasteiger partial charge >= 0.3 is 0 Å². The van der Waals surface area contributed by atoms with Gasteiger partial charge < -0.3 is 0 Å². The smallest absolute Gasteiger partial charge is 0.244 e. The zero-order valence-corrected chi connectivity index (χ0v) is 15.4. The van der Waals surface area contributed by atoms with Gasteiger partial charge in [-0.25, -0.2) is 5.43 Å². The molecular formula is C17H13BrN6S. The van der Waals surface area contributed by atoms with Gasteiger partial charge in [0, 0.05) is 15.8 Å². The zero-order valence-electron chi connectivity index (χ0n) is 13.0. The third-order valence-corrected chi connectivity index (χ3v) is 5.20. The molecular weight excluding hydrogens is 400 g/mol. The molecule has 0 radical (unpaired) electrons. The lowest BCUT2D eigenvalue weighted by atomic mass is 10.1. The Labute approximate surface area is 157 Å². The largest absolute Gasteiger partial charge is 0.266 e. The van der Waals surface area contributed by atoms with Crippen molar-refractivity contribution in [3.8, 4) is 0 Å². The summed E-state index contributed by atoms with van der Waals surface area (Å²) < 4.78 is 2.66. The molecule has 2 aromatic carbocycles. The van der Waals surface area contributed by atoms with Gasteiger partial charge in [0.15, 0.2) is 0 Å². The molecule has 8 heteroatoms. The molecule has 124 valence electrons. The van der Waals surface area contributed by atoms with Crippen molar-refractivity contribution < 1.29 is 0 Å². The van der Waals surface area contributed by atoms with E-state index < -0.39 is 0 Å². The molecule has 0 spiro atoms. The van der Waals surface area contributed by atoms with Crippen molar-refractivity contribution in [1.82, 2.24) is 14.9 Å². The first-order valence-corrected chi connectivity index (χ1v) is 9.34. The van der Waals surface area contributed by atoms with Crippen LogP contribution in [-0.4, -0.2) is 32.6 Å². The molecule has 0 bridgehead atoms. The highest BCUT2D eigenvalue weighted by atomic mass is 79.9. The van der Waals surface area contributed by atoms with Gasteiger partial charge in [0.2, 0.25) is 5.16 Å². The van der Waals surface area contributed by atoms with Gasteiger partial charge in [-0.05, 0) is 11.6 Å². The summed E-state index contributed by atoms with van der Waals surface area (Å²) in [6.07, 6.45) is 1.73. The van der Waals surface area contributed by atoms with E-state index >= 15 is 0 Å². The first kappa shape index (κ1) is 16.0. The summed E-state index contributed by atoms with van der Waals surface area (Å²) in [4.78, 5) is 0. The number of nitrogens with one attached hydrogen (secondary N) is 1. The Hall–Kier alpha value is -2.45. The van der Waals surface area contributed by atoms with Crippen LogP contribution in [0.3, 0.4) is 0 Å². The van der Waals surface area contributed by atoms with E-state index in [1.807, 2.05) is 54.6 Å². The third-order valence-electron chi connectivity index (χ3n) is 3.55. The number of aromatic nitrogens is 3. The second-order valence-electron chi connectivity index (χ2n) is 5.21. The van der Waals surface area contributed by atoms with Crippen LogP contribution in [0.15, 0.2) is 74.4 Å². The highest BCUT2D eigenvalue weighted by molar-refractivity contribution is 9.10. The lowest BCUT2D eigenvalue weighted by molar-refractivity contribution is 0.760. The second-order valence-corrected chi connectivity index (χ2v) is 7.01. The SMILES string of the molecule is Brc1ccccc1/C=N/Nc1nnc2n1N=C(c1ccccc1)CS2. The van der Waals surface area contributed by atoms with Gasteiger partial charge in [0.25, 0.3) is 5.95 Å². The Morgan fingerprint density at radius 1 is 1.08 bits per heavy atom. The molecule has 1 N–H and O–H groups in total. The van der Waals surface area contributed by atoms with Crippen molar-refractivity contribution in [2.45, 2.75) is 5.16 Å². The summed E-state index contributed by atoms with van der Waals surface area (Å²) >= 11 is 5.10. The predicted molar refractivity (Wildman–Crippen MR) is 104 cm³/mol. The van der Waals surface area contributed by atoms with E-state index in [2.05, 4.69) is 41.8 Å². The molecule has 0 saturated carbocycles. The highest BCUT2D eigenvalue weighted by Gasteiger charge is 2.19. The summed E-state index contributed by atoms with van der Waals surface area (Å²) in [7, 11) is 0. The summed E-state index contributed by atoms with van der Waals surface area (Å²) in [6, 6.07) is 18.0. The summed E-state index contributed by atoms with van der Waals surface area (Å²) in [5.74, 6) is 1.25. The van der Waals surface area contributed by atoms with Crippen LogP contribution in [-0.2, 0) is 0 Å². The maximum absolute atomic E-state index is 4.66. The maximum Gasteiger partial charge on any atom is 0.266 e. The zero-order chi connectivity index (χ0) is 17.1. The quantitative estimate of drug-likeness (QED) is 0.521. The number of hydrazone groups is 1. The number of nitrogens with zero attached hydrogens (tertiary/aromatic N) is 5. The average Bonchev–Trinajstić information content (AvgIpc) is 3.06. The number of hydrogen-bond donors (Lipinski definition) is 1. The molecule has 0 unspecified atom stereocenters. The molecule has 1 aliphatic heterocycles. The van der Waals surface area contributed by atoms with Crippen LogP contribution in [0.25, 0.3) is 0 Å². The van der Waals surface area contributed by atoms with E-state index in [0.29, 0.717) is 5.95 Å². The number of hydrogen-bond acceptors (Lipinski definition) is 6. The number of fused-ring (bicyclic) bond motifs is 1. The van der Waals surface area contributed by atoms with Crippen molar-refractivity contribution in [2.75, 3.05) is 11.2 Å². The van der Waals surface area contributed by atoms with Crippen LogP contribution < -0.4 is 5.43 Å². The van der Waals surface area contributed by atoms with Crippen LogP contribution >= 0.6 is 27.7 Å². The van der Waals surface area contributed by atoms with Crippen LogP contribution in [0.2, 0.25) is 0 Å². The van der Waals surface area contributed by atoms with Crippen molar-refractivity contribution in [3.05, 3.63) is 70.2 Å². The normalized spacial score (nSPS) is 13.6. The fourth-order valence-electron chi connectivity index (χ4n) is 2.31. The van der Waals surface area contributed by atoms with Gasteiger partial charge in [-0.3, -0.25) is 0 Å². The molecule has 1 aromatic heterocycles. The first-order chi connectivity index (χ1) is 12.3. The van der Waals surface area contributed by atoms with E-state index in [9.17, 15) is 0 Å². The van der Waals surface area contributed by atoms with E-state index in [4.69, 9.17) is 0 Å². The van der Waals surface area contributed by atoms with Crippen molar-refractivity contribution in [1.29, 1.82) is 0 Å². The number of rotatable bonds is 4. The van der Waals surface area contributed by atoms with E-state index in [1.54, 1.807) is 22.7 Å². The fourth-order valence-corrected chi connectivity index (χ4v) is 3.53. The molecule has 1 aliphatic rings. The van der Waals surface area contributed by atoms with Gasteiger partial charge in [-0.15, -0.1) is 10.2 Å². The van der Waals surface area contributed by atoms with Gasteiger partial charge in [-0.1, -0.05) is 76.2 Å². The summed E-state index contributed by atoms with van der Waals surface area (Å²) in [5.41, 5.74) is 5.96. The standard InChI is InChI=1S/C17H13BrN6S/c18-14-9-5-4-8-13(14)10-19-20-16-21-22-17-24(16)23-15(11-25-17)12-6-2-1-3-7-12/h1-10H,11H2,(H,20,21)/b19-10+. The van der Waals surface area contributed by atoms with Crippen LogP contribution in [0.4, 0.5) is 5.95 Å². The van der Waals surface area contributed by atoms with E-state index in [-0.39, 0.29) is 0 Å². The van der Waals surface area contributed by atoms with Crippen LogP contribution in [0, 0.1) is 0 Å². The number of anilines is 1. The Bertz CT molecular complexity index is 951.